The minimum Gasteiger partial charge on any atom is -0.378 e. The number of hydrogen-bond acceptors (Lipinski definition) is 2. The number of nitrogens with zero attached hydrogens (tertiary/aromatic N) is 1. The highest BCUT2D eigenvalue weighted by Crippen LogP contribution is 2.25. The molecule has 1 aromatic rings. The average Bonchev–Trinajstić information content (AvgIpc) is 2.41. The van der Waals surface area contributed by atoms with E-state index in [1.807, 2.05) is 0 Å². The second kappa shape index (κ2) is 5.67. The van der Waals surface area contributed by atoms with Gasteiger partial charge in [0, 0.05) is 13.1 Å². The molecule has 1 amide bonds. The average molecular weight is 272 g/mol. The lowest BCUT2D eigenvalue weighted by atomic mass is 10.1. The van der Waals surface area contributed by atoms with Crippen LogP contribution in [0.15, 0.2) is 18.2 Å². The van der Waals surface area contributed by atoms with Crippen molar-refractivity contribution in [3.05, 3.63) is 35.1 Å². The number of ether oxygens (including phenoxy) is 1. The van der Waals surface area contributed by atoms with Gasteiger partial charge in [-0.05, 0) is 24.1 Å². The molecule has 0 spiro atoms. The number of alkyl halides is 1. The van der Waals surface area contributed by atoms with Crippen LogP contribution in [0.25, 0.3) is 0 Å². The molecule has 1 atom stereocenters. The Morgan fingerprint density at radius 2 is 2.11 bits per heavy atom. The molecule has 98 valence electrons. The Morgan fingerprint density at radius 1 is 1.44 bits per heavy atom. The predicted octanol–water partition coefficient (Wildman–Crippen LogP) is 2.27. The van der Waals surface area contributed by atoms with E-state index in [0.29, 0.717) is 37.4 Å². The summed E-state index contributed by atoms with van der Waals surface area (Å²) in [5.74, 6) is -0.438. The molecular weight excluding hydrogens is 257 g/mol. The molecule has 0 aromatic heterocycles. The van der Waals surface area contributed by atoms with Gasteiger partial charge in [-0.15, -0.1) is 11.6 Å². The minimum atomic E-state index is -0.762. The molecule has 5 heteroatoms. The summed E-state index contributed by atoms with van der Waals surface area (Å²) < 4.78 is 18.3. The number of hydrogen-bond donors (Lipinski definition) is 0. The van der Waals surface area contributed by atoms with Gasteiger partial charge in [0.1, 0.15) is 11.2 Å². The third-order valence-electron chi connectivity index (χ3n) is 3.01. The summed E-state index contributed by atoms with van der Waals surface area (Å²) in [5, 5.41) is -0.762. The van der Waals surface area contributed by atoms with E-state index in [4.69, 9.17) is 16.3 Å². The van der Waals surface area contributed by atoms with Crippen molar-refractivity contribution in [1.29, 1.82) is 0 Å². The van der Waals surface area contributed by atoms with Gasteiger partial charge >= 0.3 is 0 Å². The maximum absolute atomic E-state index is 13.2. The first-order valence-corrected chi connectivity index (χ1v) is 6.30. The van der Waals surface area contributed by atoms with Gasteiger partial charge in [0.2, 0.25) is 5.91 Å². The molecule has 1 heterocycles. The Hall–Kier alpha value is -1.13. The van der Waals surface area contributed by atoms with Crippen LogP contribution < -0.4 is 0 Å². The van der Waals surface area contributed by atoms with E-state index in [1.165, 1.54) is 6.07 Å². The fraction of sp³-hybridized carbons (Fsp3) is 0.462. The van der Waals surface area contributed by atoms with E-state index in [1.54, 1.807) is 24.0 Å². The highest BCUT2D eigenvalue weighted by atomic mass is 35.5. The van der Waals surface area contributed by atoms with Crippen molar-refractivity contribution in [2.75, 3.05) is 26.3 Å². The number of carbonyl (C=O) groups is 1. The fourth-order valence-electron chi connectivity index (χ4n) is 1.91. The van der Waals surface area contributed by atoms with Gasteiger partial charge < -0.3 is 9.64 Å². The van der Waals surface area contributed by atoms with Crippen LogP contribution in [0.1, 0.15) is 16.5 Å². The van der Waals surface area contributed by atoms with Crippen molar-refractivity contribution < 1.29 is 13.9 Å². The monoisotopic (exact) mass is 271 g/mol. The normalized spacial score (nSPS) is 17.6. The molecule has 1 unspecified atom stereocenters. The van der Waals surface area contributed by atoms with Crippen LogP contribution in [0, 0.1) is 12.7 Å². The number of aryl methyl sites for hydroxylation is 1. The lowest BCUT2D eigenvalue weighted by Gasteiger charge is -2.28. The zero-order chi connectivity index (χ0) is 13.1. The van der Waals surface area contributed by atoms with Crippen LogP contribution in [0.4, 0.5) is 4.39 Å². The molecule has 0 aliphatic carbocycles. The van der Waals surface area contributed by atoms with Crippen LogP contribution in [0.5, 0.6) is 0 Å². The molecule has 0 bridgehead atoms. The number of carbonyl (C=O) groups excluding carboxylic acids is 1. The van der Waals surface area contributed by atoms with E-state index in [9.17, 15) is 9.18 Å². The smallest absolute Gasteiger partial charge is 0.245 e. The van der Waals surface area contributed by atoms with Gasteiger partial charge in [-0.1, -0.05) is 12.1 Å². The number of morpholine rings is 1. The zero-order valence-electron chi connectivity index (χ0n) is 10.2. The lowest BCUT2D eigenvalue weighted by Crippen LogP contribution is -2.42. The summed E-state index contributed by atoms with van der Waals surface area (Å²) in [4.78, 5) is 13.8. The Morgan fingerprint density at radius 3 is 2.72 bits per heavy atom. The Bertz CT molecular complexity index is 447. The van der Waals surface area contributed by atoms with Crippen LogP contribution in [-0.4, -0.2) is 37.1 Å². The predicted molar refractivity (Wildman–Crippen MR) is 67.1 cm³/mol. The topological polar surface area (TPSA) is 29.5 Å². The van der Waals surface area contributed by atoms with Gasteiger partial charge in [-0.25, -0.2) is 4.39 Å². The van der Waals surface area contributed by atoms with Crippen molar-refractivity contribution in [3.8, 4) is 0 Å². The van der Waals surface area contributed by atoms with Crippen molar-refractivity contribution in [1.82, 2.24) is 4.90 Å². The van der Waals surface area contributed by atoms with Crippen LogP contribution in [-0.2, 0) is 9.53 Å². The standard InChI is InChI=1S/C13H15ClFNO2/c1-9-8-10(2-3-11(9)15)12(14)13(17)16-4-6-18-7-5-16/h2-3,8,12H,4-7H2,1H3. The second-order valence-corrected chi connectivity index (χ2v) is 4.75. The first kappa shape index (κ1) is 13.3. The summed E-state index contributed by atoms with van der Waals surface area (Å²) >= 11 is 6.16. The van der Waals surface area contributed by atoms with E-state index in [2.05, 4.69) is 0 Å². The number of amides is 1. The third-order valence-corrected chi connectivity index (χ3v) is 3.45. The molecule has 1 fully saturated rings. The van der Waals surface area contributed by atoms with Crippen molar-refractivity contribution in [3.63, 3.8) is 0 Å². The van der Waals surface area contributed by atoms with Crippen LogP contribution in [0.2, 0.25) is 0 Å². The molecule has 0 radical (unpaired) electrons. The van der Waals surface area contributed by atoms with E-state index >= 15 is 0 Å². The van der Waals surface area contributed by atoms with Crippen LogP contribution in [0.3, 0.4) is 0 Å². The van der Waals surface area contributed by atoms with Crippen molar-refractivity contribution in [2.24, 2.45) is 0 Å². The molecule has 0 saturated carbocycles. The Kier molecular flexibility index (Phi) is 4.19. The van der Waals surface area contributed by atoms with Gasteiger partial charge in [0.25, 0.3) is 0 Å². The van der Waals surface area contributed by atoms with Gasteiger partial charge in [-0.2, -0.15) is 0 Å². The van der Waals surface area contributed by atoms with Crippen molar-refractivity contribution >= 4 is 17.5 Å². The molecule has 3 nitrogen and oxygen atoms in total. The summed E-state index contributed by atoms with van der Waals surface area (Å²) in [6.07, 6.45) is 0. The molecule has 1 saturated heterocycles. The highest BCUT2D eigenvalue weighted by molar-refractivity contribution is 6.30. The molecule has 1 aromatic carbocycles. The lowest BCUT2D eigenvalue weighted by molar-refractivity contribution is -0.134. The SMILES string of the molecule is Cc1cc(C(Cl)C(=O)N2CCOCC2)ccc1F. The van der Waals surface area contributed by atoms with E-state index in [-0.39, 0.29) is 11.7 Å². The third kappa shape index (κ3) is 2.82. The molecule has 18 heavy (non-hydrogen) atoms. The van der Waals surface area contributed by atoms with Gasteiger partial charge in [0.15, 0.2) is 0 Å². The Labute approximate surface area is 110 Å². The molecule has 2 rings (SSSR count). The van der Waals surface area contributed by atoms with Crippen molar-refractivity contribution in [2.45, 2.75) is 12.3 Å². The number of benzene rings is 1. The molecule has 1 aliphatic heterocycles. The summed E-state index contributed by atoms with van der Waals surface area (Å²) in [6.45, 7) is 3.85. The highest BCUT2D eigenvalue weighted by Gasteiger charge is 2.25. The summed E-state index contributed by atoms with van der Waals surface area (Å²) in [5.41, 5.74) is 1.12. The first-order valence-electron chi connectivity index (χ1n) is 5.86. The van der Waals surface area contributed by atoms with Crippen LogP contribution >= 0.6 is 11.6 Å². The molecule has 1 aliphatic rings. The second-order valence-electron chi connectivity index (χ2n) is 4.31. The fourth-order valence-corrected chi connectivity index (χ4v) is 2.19. The maximum Gasteiger partial charge on any atom is 0.245 e. The van der Waals surface area contributed by atoms with E-state index in [0.717, 1.165) is 0 Å². The zero-order valence-corrected chi connectivity index (χ0v) is 10.9. The molecular formula is C13H15ClFNO2. The van der Waals surface area contributed by atoms with Gasteiger partial charge in [-0.3, -0.25) is 4.79 Å². The minimum absolute atomic E-state index is 0.147. The molecule has 0 N–H and O–H groups in total. The summed E-state index contributed by atoms with van der Waals surface area (Å²) in [6, 6.07) is 4.51. The maximum atomic E-state index is 13.2. The number of rotatable bonds is 2. The van der Waals surface area contributed by atoms with Gasteiger partial charge in [0.05, 0.1) is 13.2 Å². The quantitative estimate of drug-likeness (QED) is 0.773. The largest absolute Gasteiger partial charge is 0.378 e. The van der Waals surface area contributed by atoms with E-state index < -0.39 is 5.38 Å². The summed E-state index contributed by atoms with van der Waals surface area (Å²) in [7, 11) is 0. The number of halogens is 2. The Balaban J connectivity index is 2.11. The first-order chi connectivity index (χ1) is 8.59.